The van der Waals surface area contributed by atoms with Gasteiger partial charge in [-0.1, -0.05) is 12.1 Å². The lowest BCUT2D eigenvalue weighted by molar-refractivity contribution is -0.0502. The van der Waals surface area contributed by atoms with Crippen LogP contribution in [0.4, 0.5) is 0 Å². The molecule has 1 aliphatic rings. The van der Waals surface area contributed by atoms with Gasteiger partial charge >= 0.3 is 0 Å². The second kappa shape index (κ2) is 6.37. The molecule has 1 aliphatic heterocycles. The van der Waals surface area contributed by atoms with E-state index in [0.717, 1.165) is 31.0 Å². The van der Waals surface area contributed by atoms with E-state index in [2.05, 4.69) is 18.7 Å². The highest BCUT2D eigenvalue weighted by atomic mass is 16.5. The molecule has 19 heavy (non-hydrogen) atoms. The molecule has 0 radical (unpaired) electrons. The topological polar surface area (TPSA) is 47.7 Å². The summed E-state index contributed by atoms with van der Waals surface area (Å²) in [7, 11) is 1.67. The van der Waals surface area contributed by atoms with Gasteiger partial charge in [0.1, 0.15) is 5.75 Å². The van der Waals surface area contributed by atoms with Gasteiger partial charge in [0.25, 0.3) is 0 Å². The van der Waals surface area contributed by atoms with Crippen LogP contribution < -0.4 is 10.5 Å². The predicted octanol–water partition coefficient (Wildman–Crippen LogP) is 1.80. The number of hydrogen-bond donors (Lipinski definition) is 1. The lowest BCUT2D eigenvalue weighted by Crippen LogP contribution is -2.49. The first-order chi connectivity index (χ1) is 9.11. The molecule has 2 rings (SSSR count). The summed E-state index contributed by atoms with van der Waals surface area (Å²) >= 11 is 0. The molecule has 0 aliphatic carbocycles. The van der Waals surface area contributed by atoms with Gasteiger partial charge in [-0.15, -0.1) is 0 Å². The van der Waals surface area contributed by atoms with E-state index in [1.807, 2.05) is 24.3 Å². The molecular formula is C15H24N2O2. The summed E-state index contributed by atoms with van der Waals surface area (Å²) in [6, 6.07) is 8.34. The molecule has 1 aromatic carbocycles. The van der Waals surface area contributed by atoms with Crippen molar-refractivity contribution in [2.45, 2.75) is 32.0 Å². The fourth-order valence-electron chi connectivity index (χ4n) is 2.45. The summed E-state index contributed by atoms with van der Waals surface area (Å²) in [5.74, 6) is 0.837. The average molecular weight is 264 g/mol. The first-order valence-corrected chi connectivity index (χ1v) is 6.87. The molecule has 2 atom stereocenters. The highest BCUT2D eigenvalue weighted by Crippen LogP contribution is 2.24. The first kappa shape index (κ1) is 14.3. The molecule has 1 aromatic rings. The van der Waals surface area contributed by atoms with Crippen LogP contribution in [0.5, 0.6) is 5.75 Å². The molecular weight excluding hydrogens is 240 g/mol. The van der Waals surface area contributed by atoms with E-state index >= 15 is 0 Å². The molecule has 1 saturated heterocycles. The summed E-state index contributed by atoms with van der Waals surface area (Å²) in [6.45, 7) is 7.04. The second-order valence-electron chi connectivity index (χ2n) is 5.30. The predicted molar refractivity (Wildman–Crippen MR) is 76.4 cm³/mol. The van der Waals surface area contributed by atoms with Crippen molar-refractivity contribution in [3.63, 3.8) is 0 Å². The van der Waals surface area contributed by atoms with Crippen LogP contribution in [0.3, 0.4) is 0 Å². The molecule has 2 unspecified atom stereocenters. The van der Waals surface area contributed by atoms with Crippen LogP contribution in [-0.2, 0) is 4.74 Å². The van der Waals surface area contributed by atoms with Crippen molar-refractivity contribution in [2.75, 3.05) is 26.8 Å². The number of nitrogens with two attached hydrogens (primary N) is 1. The van der Waals surface area contributed by atoms with Crippen molar-refractivity contribution in [1.82, 2.24) is 4.90 Å². The van der Waals surface area contributed by atoms with Crippen molar-refractivity contribution >= 4 is 0 Å². The Labute approximate surface area is 115 Å². The Hall–Kier alpha value is -1.10. The van der Waals surface area contributed by atoms with E-state index in [1.165, 1.54) is 0 Å². The fourth-order valence-corrected chi connectivity index (χ4v) is 2.45. The van der Waals surface area contributed by atoms with Crippen molar-refractivity contribution in [3.8, 4) is 5.75 Å². The van der Waals surface area contributed by atoms with Crippen LogP contribution in [0.2, 0.25) is 0 Å². The number of nitrogens with zero attached hydrogens (tertiary/aromatic N) is 1. The first-order valence-electron chi connectivity index (χ1n) is 6.87. The Balaban J connectivity index is 2.07. The Morgan fingerprint density at radius 2 is 2.21 bits per heavy atom. The number of benzene rings is 1. The normalized spacial score (nSPS) is 22.5. The maximum atomic E-state index is 6.35. The van der Waals surface area contributed by atoms with Gasteiger partial charge in [0.15, 0.2) is 0 Å². The third-order valence-electron chi connectivity index (χ3n) is 3.73. The van der Waals surface area contributed by atoms with Gasteiger partial charge in [-0.05, 0) is 31.5 Å². The van der Waals surface area contributed by atoms with Crippen LogP contribution in [0.15, 0.2) is 24.3 Å². The second-order valence-corrected chi connectivity index (χ2v) is 5.30. The molecule has 2 N–H and O–H groups in total. The van der Waals surface area contributed by atoms with Gasteiger partial charge in [-0.2, -0.15) is 0 Å². The largest absolute Gasteiger partial charge is 0.497 e. The zero-order valence-electron chi connectivity index (χ0n) is 12.0. The van der Waals surface area contributed by atoms with E-state index in [-0.39, 0.29) is 12.1 Å². The van der Waals surface area contributed by atoms with Gasteiger partial charge in [-0.3, -0.25) is 4.90 Å². The van der Waals surface area contributed by atoms with E-state index < -0.39 is 0 Å². The number of ether oxygens (including phenoxy) is 2. The maximum Gasteiger partial charge on any atom is 0.119 e. The molecule has 1 fully saturated rings. The highest BCUT2D eigenvalue weighted by molar-refractivity contribution is 5.31. The molecule has 0 spiro atoms. The minimum absolute atomic E-state index is 0.0447. The van der Waals surface area contributed by atoms with Crippen molar-refractivity contribution < 1.29 is 9.47 Å². The van der Waals surface area contributed by atoms with Gasteiger partial charge in [-0.25, -0.2) is 0 Å². The average Bonchev–Trinajstić information content (AvgIpc) is 2.46. The van der Waals surface area contributed by atoms with E-state index in [4.69, 9.17) is 15.2 Å². The molecule has 4 heteroatoms. The standard InChI is InChI=1S/C15H24N2O2/c1-11(2)17-7-8-19-14(10-17)15(16)12-5-4-6-13(9-12)18-3/h4-6,9,11,14-15H,7-8,10,16H2,1-3H3. The van der Waals surface area contributed by atoms with Gasteiger partial charge in [0.2, 0.25) is 0 Å². The Kier molecular flexibility index (Phi) is 4.80. The number of methoxy groups -OCH3 is 1. The van der Waals surface area contributed by atoms with Gasteiger partial charge in [0, 0.05) is 19.1 Å². The van der Waals surface area contributed by atoms with Crippen molar-refractivity contribution in [1.29, 1.82) is 0 Å². The Morgan fingerprint density at radius 1 is 1.42 bits per heavy atom. The molecule has 1 heterocycles. The monoisotopic (exact) mass is 264 g/mol. The number of morpholine rings is 1. The minimum atomic E-state index is -0.114. The summed E-state index contributed by atoms with van der Waals surface area (Å²) in [5.41, 5.74) is 7.41. The molecule has 0 saturated carbocycles. The zero-order chi connectivity index (χ0) is 13.8. The zero-order valence-corrected chi connectivity index (χ0v) is 12.0. The van der Waals surface area contributed by atoms with E-state index in [9.17, 15) is 0 Å². The third kappa shape index (κ3) is 3.47. The SMILES string of the molecule is COc1cccc(C(N)C2CN(C(C)C)CCO2)c1. The van der Waals surface area contributed by atoms with Crippen molar-refractivity contribution in [3.05, 3.63) is 29.8 Å². The summed E-state index contributed by atoms with van der Waals surface area (Å²) < 4.78 is 11.1. The van der Waals surface area contributed by atoms with Gasteiger partial charge < -0.3 is 15.2 Å². The quantitative estimate of drug-likeness (QED) is 0.901. The number of hydrogen-bond acceptors (Lipinski definition) is 4. The lowest BCUT2D eigenvalue weighted by Gasteiger charge is -2.38. The van der Waals surface area contributed by atoms with Crippen LogP contribution in [0.1, 0.15) is 25.5 Å². The smallest absolute Gasteiger partial charge is 0.119 e. The summed E-state index contributed by atoms with van der Waals surface area (Å²) in [6.07, 6.45) is 0.0447. The third-order valence-corrected chi connectivity index (χ3v) is 3.73. The van der Waals surface area contributed by atoms with E-state index in [0.29, 0.717) is 6.04 Å². The molecule has 0 amide bonds. The summed E-state index contributed by atoms with van der Waals surface area (Å²) in [5, 5.41) is 0. The Bertz CT molecular complexity index is 409. The van der Waals surface area contributed by atoms with Gasteiger partial charge in [0.05, 0.1) is 25.9 Å². The molecule has 106 valence electrons. The molecule has 4 nitrogen and oxygen atoms in total. The van der Waals surface area contributed by atoms with Crippen LogP contribution in [0.25, 0.3) is 0 Å². The Morgan fingerprint density at radius 3 is 2.89 bits per heavy atom. The van der Waals surface area contributed by atoms with Crippen LogP contribution in [-0.4, -0.2) is 43.9 Å². The fraction of sp³-hybridized carbons (Fsp3) is 0.600. The molecule has 0 aromatic heterocycles. The number of rotatable bonds is 4. The molecule has 0 bridgehead atoms. The minimum Gasteiger partial charge on any atom is -0.497 e. The van der Waals surface area contributed by atoms with Crippen molar-refractivity contribution in [2.24, 2.45) is 5.73 Å². The maximum absolute atomic E-state index is 6.35. The lowest BCUT2D eigenvalue weighted by atomic mass is 10.0. The van der Waals surface area contributed by atoms with Crippen LogP contribution >= 0.6 is 0 Å². The van der Waals surface area contributed by atoms with E-state index in [1.54, 1.807) is 7.11 Å². The summed E-state index contributed by atoms with van der Waals surface area (Å²) in [4.78, 5) is 2.41. The van der Waals surface area contributed by atoms with Crippen LogP contribution in [0, 0.1) is 0 Å². The highest BCUT2D eigenvalue weighted by Gasteiger charge is 2.28.